The average molecular weight is 332 g/mol. The van der Waals surface area contributed by atoms with Gasteiger partial charge in [-0.25, -0.2) is 0 Å². The van der Waals surface area contributed by atoms with Crippen molar-refractivity contribution in [2.45, 2.75) is 6.04 Å². The largest absolute Gasteiger partial charge is 0.467 e. The molecule has 0 amide bonds. The van der Waals surface area contributed by atoms with Crippen LogP contribution in [-0.4, -0.2) is 5.11 Å². The Bertz CT molecular complexity index is 871. The van der Waals surface area contributed by atoms with Crippen LogP contribution in [0.15, 0.2) is 83.5 Å². The summed E-state index contributed by atoms with van der Waals surface area (Å²) in [6.07, 6.45) is 1.69. The summed E-state index contributed by atoms with van der Waals surface area (Å²) in [6.45, 7) is 0. The van der Waals surface area contributed by atoms with Crippen LogP contribution in [0, 0.1) is 0 Å². The van der Waals surface area contributed by atoms with Gasteiger partial charge in [-0.1, -0.05) is 60.7 Å². The lowest BCUT2D eigenvalue weighted by atomic mass is 9.90. The second-order valence-corrected chi connectivity index (χ2v) is 5.98. The summed E-state index contributed by atoms with van der Waals surface area (Å²) < 4.78 is 5.67. The third-order valence-corrected chi connectivity index (χ3v) is 4.27. The Morgan fingerprint density at radius 1 is 0.792 bits per heavy atom. The van der Waals surface area contributed by atoms with Gasteiger partial charge in [0.25, 0.3) is 0 Å². The molecule has 0 fully saturated rings. The molecule has 0 bridgehead atoms. The molecule has 1 aromatic heterocycles. The Morgan fingerprint density at radius 3 is 2.08 bits per heavy atom. The van der Waals surface area contributed by atoms with Gasteiger partial charge in [-0.3, -0.25) is 0 Å². The van der Waals surface area contributed by atoms with Gasteiger partial charge in [0.05, 0.1) is 12.0 Å². The molecule has 0 aliphatic carbocycles. The molecule has 2 heterocycles. The first-order valence-electron chi connectivity index (χ1n) is 7.79. The highest BCUT2D eigenvalue weighted by atomic mass is 32.1. The van der Waals surface area contributed by atoms with Crippen LogP contribution in [0.4, 0.5) is 0 Å². The molecule has 1 aliphatic rings. The molecule has 24 heavy (non-hydrogen) atoms. The molecule has 0 saturated carbocycles. The molecular weight excluding hydrogens is 316 g/mol. The Morgan fingerprint density at radius 2 is 1.46 bits per heavy atom. The summed E-state index contributed by atoms with van der Waals surface area (Å²) >= 11 is 5.44. The Balaban J connectivity index is 1.96. The van der Waals surface area contributed by atoms with Crippen LogP contribution in [0.1, 0.15) is 22.9 Å². The fourth-order valence-corrected chi connectivity index (χ4v) is 3.21. The van der Waals surface area contributed by atoms with Crippen molar-refractivity contribution in [1.82, 2.24) is 10.6 Å². The SMILES string of the molecule is S=C1NC(c2ccccc2)=C(c2ccccc2)C(c2ccco2)N1. The zero-order chi connectivity index (χ0) is 16.4. The summed E-state index contributed by atoms with van der Waals surface area (Å²) in [5.74, 6) is 0.839. The monoisotopic (exact) mass is 332 g/mol. The van der Waals surface area contributed by atoms with Crippen molar-refractivity contribution in [2.75, 3.05) is 0 Å². The van der Waals surface area contributed by atoms with E-state index in [1.54, 1.807) is 6.26 Å². The van der Waals surface area contributed by atoms with Gasteiger partial charge in [0, 0.05) is 5.57 Å². The van der Waals surface area contributed by atoms with E-state index < -0.39 is 0 Å². The van der Waals surface area contributed by atoms with Crippen molar-refractivity contribution < 1.29 is 4.42 Å². The lowest BCUT2D eigenvalue weighted by molar-refractivity contribution is 0.483. The van der Waals surface area contributed by atoms with Crippen LogP contribution in [-0.2, 0) is 0 Å². The summed E-state index contributed by atoms with van der Waals surface area (Å²) in [5, 5.41) is 7.26. The summed E-state index contributed by atoms with van der Waals surface area (Å²) in [6, 6.07) is 24.3. The van der Waals surface area contributed by atoms with Gasteiger partial charge in [-0.05, 0) is 35.5 Å². The van der Waals surface area contributed by atoms with Crippen molar-refractivity contribution in [2.24, 2.45) is 0 Å². The molecule has 0 radical (unpaired) electrons. The molecule has 1 atom stereocenters. The highest BCUT2D eigenvalue weighted by Crippen LogP contribution is 2.37. The topological polar surface area (TPSA) is 37.2 Å². The molecule has 3 nitrogen and oxygen atoms in total. The number of furan rings is 1. The molecule has 118 valence electrons. The quantitative estimate of drug-likeness (QED) is 0.699. The molecular formula is C20H16N2OS. The number of benzene rings is 2. The standard InChI is InChI=1S/C20H16N2OS/c24-20-21-18(15-10-5-2-6-11-15)17(14-8-3-1-4-9-14)19(22-20)16-12-7-13-23-16/h1-13,19H,(H2,21,22,24). The third kappa shape index (κ3) is 2.72. The molecule has 1 aliphatic heterocycles. The van der Waals surface area contributed by atoms with Gasteiger partial charge in [-0.2, -0.15) is 0 Å². The van der Waals surface area contributed by atoms with Gasteiger partial charge in [0.15, 0.2) is 5.11 Å². The number of thiocarbonyl (C=S) groups is 1. The summed E-state index contributed by atoms with van der Waals surface area (Å²) in [5.41, 5.74) is 4.34. The van der Waals surface area contributed by atoms with Crippen molar-refractivity contribution >= 4 is 28.6 Å². The molecule has 0 spiro atoms. The van der Waals surface area contributed by atoms with Gasteiger partial charge in [-0.15, -0.1) is 0 Å². The smallest absolute Gasteiger partial charge is 0.171 e. The van der Waals surface area contributed by atoms with Gasteiger partial charge >= 0.3 is 0 Å². The van der Waals surface area contributed by atoms with Gasteiger partial charge < -0.3 is 15.1 Å². The Kier molecular flexibility index (Phi) is 3.89. The number of hydrogen-bond acceptors (Lipinski definition) is 2. The second kappa shape index (κ2) is 6.34. The molecule has 4 heteroatoms. The van der Waals surface area contributed by atoms with Crippen LogP contribution >= 0.6 is 12.2 Å². The number of hydrogen-bond donors (Lipinski definition) is 2. The van der Waals surface area contributed by atoms with E-state index in [2.05, 4.69) is 34.9 Å². The van der Waals surface area contributed by atoms with Crippen LogP contribution in [0.3, 0.4) is 0 Å². The molecule has 0 saturated heterocycles. The molecule has 1 unspecified atom stereocenters. The van der Waals surface area contributed by atoms with E-state index in [1.807, 2.05) is 48.5 Å². The summed E-state index contributed by atoms with van der Waals surface area (Å²) in [4.78, 5) is 0. The number of nitrogens with one attached hydrogen (secondary N) is 2. The molecule has 2 aromatic carbocycles. The number of rotatable bonds is 3. The average Bonchev–Trinajstić information content (AvgIpc) is 3.17. The van der Waals surface area contributed by atoms with Crippen LogP contribution in [0.25, 0.3) is 11.3 Å². The zero-order valence-corrected chi connectivity index (χ0v) is 13.7. The highest BCUT2D eigenvalue weighted by Gasteiger charge is 2.29. The van der Waals surface area contributed by atoms with Crippen molar-refractivity contribution in [3.05, 3.63) is 95.9 Å². The van der Waals surface area contributed by atoms with E-state index in [9.17, 15) is 0 Å². The van der Waals surface area contributed by atoms with Gasteiger partial charge in [0.2, 0.25) is 0 Å². The van der Waals surface area contributed by atoms with Crippen molar-refractivity contribution in [3.8, 4) is 0 Å². The van der Waals surface area contributed by atoms with Crippen molar-refractivity contribution in [3.63, 3.8) is 0 Å². The van der Waals surface area contributed by atoms with Gasteiger partial charge in [0.1, 0.15) is 11.8 Å². The van der Waals surface area contributed by atoms with E-state index in [-0.39, 0.29) is 6.04 Å². The normalized spacial score (nSPS) is 17.3. The maximum atomic E-state index is 5.67. The zero-order valence-electron chi connectivity index (χ0n) is 12.9. The van der Waals surface area contributed by atoms with E-state index in [1.165, 1.54) is 0 Å². The maximum Gasteiger partial charge on any atom is 0.171 e. The van der Waals surface area contributed by atoms with E-state index in [4.69, 9.17) is 16.6 Å². The Labute approximate surface area is 146 Å². The molecule has 4 rings (SSSR count). The first-order chi connectivity index (χ1) is 11.8. The Hall–Kier alpha value is -2.85. The first kappa shape index (κ1) is 14.7. The fraction of sp³-hybridized carbons (Fsp3) is 0.0500. The summed E-state index contributed by atoms with van der Waals surface area (Å²) in [7, 11) is 0. The first-order valence-corrected chi connectivity index (χ1v) is 8.19. The fourth-order valence-electron chi connectivity index (χ4n) is 2.99. The van der Waals surface area contributed by atoms with E-state index >= 15 is 0 Å². The molecule has 3 aromatic rings. The minimum atomic E-state index is -0.133. The minimum absolute atomic E-state index is 0.133. The lowest BCUT2D eigenvalue weighted by Gasteiger charge is -2.31. The predicted molar refractivity (Wildman–Crippen MR) is 100 cm³/mol. The second-order valence-electron chi connectivity index (χ2n) is 5.57. The molecule has 2 N–H and O–H groups in total. The lowest BCUT2D eigenvalue weighted by Crippen LogP contribution is -2.42. The van der Waals surface area contributed by atoms with E-state index in [0.717, 1.165) is 28.2 Å². The van der Waals surface area contributed by atoms with E-state index in [0.29, 0.717) is 5.11 Å². The maximum absolute atomic E-state index is 5.67. The van der Waals surface area contributed by atoms with Crippen molar-refractivity contribution in [1.29, 1.82) is 0 Å². The predicted octanol–water partition coefficient (Wildman–Crippen LogP) is 4.37. The minimum Gasteiger partial charge on any atom is -0.467 e. The van der Waals surface area contributed by atoms with Crippen LogP contribution in [0.5, 0.6) is 0 Å². The van der Waals surface area contributed by atoms with Crippen LogP contribution in [0.2, 0.25) is 0 Å². The third-order valence-electron chi connectivity index (χ3n) is 4.05. The highest BCUT2D eigenvalue weighted by molar-refractivity contribution is 7.80. The van der Waals surface area contributed by atoms with Crippen LogP contribution < -0.4 is 10.6 Å².